The van der Waals surface area contributed by atoms with Gasteiger partial charge in [0.25, 0.3) is 0 Å². The Balaban J connectivity index is 1.37. The highest BCUT2D eigenvalue weighted by molar-refractivity contribution is 7.99. The standard InChI is InChI=1S/C16H15N5O3S2/c17-21-15(13-2-1-7-25-13)19-20-16(21)26-9-14(22)18-10-3-4-11-12(8-10)24-6-5-23-11/h1-4,7-8H,5-6,9,17H2,(H,18,22). The van der Waals surface area contributed by atoms with Gasteiger partial charge in [0.2, 0.25) is 11.1 Å². The lowest BCUT2D eigenvalue weighted by molar-refractivity contribution is -0.113. The molecule has 0 saturated carbocycles. The minimum Gasteiger partial charge on any atom is -0.486 e. The average Bonchev–Trinajstić information content (AvgIpc) is 3.29. The summed E-state index contributed by atoms with van der Waals surface area (Å²) in [5.74, 6) is 7.90. The van der Waals surface area contributed by atoms with Crippen molar-refractivity contribution in [2.24, 2.45) is 0 Å². The van der Waals surface area contributed by atoms with Crippen LogP contribution in [0.2, 0.25) is 0 Å². The molecule has 3 heterocycles. The molecule has 0 aliphatic carbocycles. The van der Waals surface area contributed by atoms with Gasteiger partial charge in [0.05, 0.1) is 10.6 Å². The molecule has 4 rings (SSSR count). The van der Waals surface area contributed by atoms with E-state index in [-0.39, 0.29) is 11.7 Å². The number of anilines is 1. The van der Waals surface area contributed by atoms with Crippen LogP contribution in [-0.4, -0.2) is 39.7 Å². The second kappa shape index (κ2) is 7.26. The summed E-state index contributed by atoms with van der Waals surface area (Å²) < 4.78 is 12.4. The molecule has 0 radical (unpaired) electrons. The van der Waals surface area contributed by atoms with Crippen LogP contribution in [0.15, 0.2) is 40.9 Å². The molecular weight excluding hydrogens is 374 g/mol. The number of benzene rings is 1. The Hall–Kier alpha value is -2.72. The molecule has 3 N–H and O–H groups in total. The van der Waals surface area contributed by atoms with Crippen LogP contribution in [0, 0.1) is 0 Å². The van der Waals surface area contributed by atoms with E-state index in [0.29, 0.717) is 41.4 Å². The van der Waals surface area contributed by atoms with Crippen molar-refractivity contribution in [3.8, 4) is 22.2 Å². The molecule has 0 spiro atoms. The number of hydrogen-bond donors (Lipinski definition) is 2. The molecule has 1 amide bonds. The van der Waals surface area contributed by atoms with Gasteiger partial charge in [-0.25, -0.2) is 4.68 Å². The maximum atomic E-state index is 12.2. The third-order valence-electron chi connectivity index (χ3n) is 3.56. The van der Waals surface area contributed by atoms with Crippen molar-refractivity contribution in [3.63, 3.8) is 0 Å². The van der Waals surface area contributed by atoms with Crippen LogP contribution >= 0.6 is 23.1 Å². The maximum absolute atomic E-state index is 12.2. The van der Waals surface area contributed by atoms with Gasteiger partial charge in [0, 0.05) is 11.8 Å². The smallest absolute Gasteiger partial charge is 0.234 e. The van der Waals surface area contributed by atoms with Crippen molar-refractivity contribution in [1.82, 2.24) is 14.9 Å². The van der Waals surface area contributed by atoms with Crippen molar-refractivity contribution in [2.45, 2.75) is 5.16 Å². The van der Waals surface area contributed by atoms with Gasteiger partial charge in [0.1, 0.15) is 13.2 Å². The summed E-state index contributed by atoms with van der Waals surface area (Å²) in [4.78, 5) is 13.1. The van der Waals surface area contributed by atoms with Crippen LogP contribution in [0.25, 0.3) is 10.7 Å². The lowest BCUT2D eigenvalue weighted by Gasteiger charge is -2.18. The zero-order valence-corrected chi connectivity index (χ0v) is 15.2. The van der Waals surface area contributed by atoms with Crippen LogP contribution < -0.4 is 20.6 Å². The fourth-order valence-corrected chi connectivity index (χ4v) is 3.76. The van der Waals surface area contributed by atoms with E-state index in [1.165, 1.54) is 27.8 Å². The van der Waals surface area contributed by atoms with Crippen LogP contribution in [0.5, 0.6) is 11.5 Å². The quantitative estimate of drug-likeness (QED) is 0.509. The number of nitrogens with one attached hydrogen (secondary N) is 1. The number of thioether (sulfide) groups is 1. The Bertz CT molecular complexity index is 926. The average molecular weight is 389 g/mol. The van der Waals surface area contributed by atoms with E-state index < -0.39 is 0 Å². The number of fused-ring (bicyclic) bond motifs is 1. The molecule has 8 nitrogen and oxygen atoms in total. The summed E-state index contributed by atoms with van der Waals surface area (Å²) in [6.45, 7) is 1.03. The number of aromatic nitrogens is 3. The largest absolute Gasteiger partial charge is 0.486 e. The van der Waals surface area contributed by atoms with Gasteiger partial charge >= 0.3 is 0 Å². The van der Waals surface area contributed by atoms with Gasteiger partial charge < -0.3 is 20.6 Å². The van der Waals surface area contributed by atoms with E-state index in [2.05, 4.69) is 15.5 Å². The van der Waals surface area contributed by atoms with Crippen LogP contribution in [0.4, 0.5) is 5.69 Å². The van der Waals surface area contributed by atoms with Crippen molar-refractivity contribution in [3.05, 3.63) is 35.7 Å². The molecule has 26 heavy (non-hydrogen) atoms. The first kappa shape index (κ1) is 16.7. The number of nitrogen functional groups attached to an aromatic ring is 1. The van der Waals surface area contributed by atoms with Gasteiger partial charge in [-0.15, -0.1) is 21.5 Å². The molecule has 2 aromatic heterocycles. The summed E-state index contributed by atoms with van der Waals surface area (Å²) >= 11 is 2.75. The molecule has 0 fully saturated rings. The van der Waals surface area contributed by atoms with Gasteiger partial charge in [-0.05, 0) is 23.6 Å². The van der Waals surface area contributed by atoms with E-state index in [4.69, 9.17) is 15.3 Å². The fraction of sp³-hybridized carbons (Fsp3) is 0.188. The van der Waals surface area contributed by atoms with Crippen molar-refractivity contribution in [1.29, 1.82) is 0 Å². The summed E-state index contributed by atoms with van der Waals surface area (Å²) in [7, 11) is 0. The lowest BCUT2D eigenvalue weighted by Crippen LogP contribution is -2.18. The Morgan fingerprint density at radius 2 is 2.12 bits per heavy atom. The van der Waals surface area contributed by atoms with Gasteiger partial charge in [-0.2, -0.15) is 0 Å². The third kappa shape index (κ3) is 3.46. The maximum Gasteiger partial charge on any atom is 0.234 e. The van der Waals surface area contributed by atoms with E-state index in [9.17, 15) is 4.79 Å². The van der Waals surface area contributed by atoms with Crippen molar-refractivity contribution in [2.75, 3.05) is 30.1 Å². The Morgan fingerprint density at radius 3 is 2.92 bits per heavy atom. The Kier molecular flexibility index (Phi) is 4.67. The number of nitrogens with two attached hydrogens (primary N) is 1. The minimum atomic E-state index is -0.174. The van der Waals surface area contributed by atoms with E-state index in [1.807, 2.05) is 17.5 Å². The monoisotopic (exact) mass is 389 g/mol. The molecule has 134 valence electrons. The number of carbonyl (C=O) groups excluding carboxylic acids is 1. The highest BCUT2D eigenvalue weighted by Crippen LogP contribution is 2.32. The lowest BCUT2D eigenvalue weighted by atomic mass is 10.2. The highest BCUT2D eigenvalue weighted by atomic mass is 32.2. The van der Waals surface area contributed by atoms with E-state index in [0.717, 1.165) is 4.88 Å². The summed E-state index contributed by atoms with van der Waals surface area (Å²) in [6, 6.07) is 9.14. The second-order valence-corrected chi connectivity index (χ2v) is 7.24. The number of rotatable bonds is 5. The van der Waals surface area contributed by atoms with Gasteiger partial charge in [-0.3, -0.25) is 4.79 Å². The summed E-state index contributed by atoms with van der Waals surface area (Å²) in [6.07, 6.45) is 0. The molecule has 10 heteroatoms. The topological polar surface area (TPSA) is 104 Å². The zero-order chi connectivity index (χ0) is 17.9. The molecule has 3 aromatic rings. The zero-order valence-electron chi connectivity index (χ0n) is 13.5. The van der Waals surface area contributed by atoms with Crippen molar-refractivity contribution >= 4 is 34.7 Å². The van der Waals surface area contributed by atoms with Gasteiger partial charge in [-0.1, -0.05) is 17.8 Å². The van der Waals surface area contributed by atoms with E-state index >= 15 is 0 Å². The first-order valence-electron chi connectivity index (χ1n) is 7.77. The number of ether oxygens (including phenoxy) is 2. The normalized spacial score (nSPS) is 12.8. The van der Waals surface area contributed by atoms with E-state index in [1.54, 1.807) is 18.2 Å². The predicted octanol–water partition coefficient (Wildman–Crippen LogP) is 2.22. The first-order chi connectivity index (χ1) is 12.7. The summed E-state index contributed by atoms with van der Waals surface area (Å²) in [5.41, 5.74) is 0.647. The molecule has 1 aromatic carbocycles. The van der Waals surface area contributed by atoms with Gasteiger partial charge in [0.15, 0.2) is 17.3 Å². The SMILES string of the molecule is Nn1c(SCC(=O)Nc2ccc3c(c2)OCCO3)nnc1-c1cccs1. The minimum absolute atomic E-state index is 0.161. The predicted molar refractivity (Wildman–Crippen MR) is 100 cm³/mol. The molecule has 1 aliphatic heterocycles. The summed E-state index contributed by atoms with van der Waals surface area (Å²) in [5, 5.41) is 13.4. The second-order valence-electron chi connectivity index (χ2n) is 5.35. The van der Waals surface area contributed by atoms with Crippen LogP contribution in [-0.2, 0) is 4.79 Å². The Labute approximate surface area is 157 Å². The fourth-order valence-electron chi connectivity index (χ4n) is 2.40. The number of thiophene rings is 1. The molecule has 0 atom stereocenters. The molecule has 0 unspecified atom stereocenters. The Morgan fingerprint density at radius 1 is 1.27 bits per heavy atom. The highest BCUT2D eigenvalue weighted by Gasteiger charge is 2.16. The molecular formula is C16H15N5O3S2. The number of amides is 1. The third-order valence-corrected chi connectivity index (χ3v) is 5.37. The van der Waals surface area contributed by atoms with Crippen LogP contribution in [0.3, 0.4) is 0 Å². The molecule has 0 bridgehead atoms. The molecule has 0 saturated heterocycles. The van der Waals surface area contributed by atoms with Crippen molar-refractivity contribution < 1.29 is 14.3 Å². The number of nitrogens with zero attached hydrogens (tertiary/aromatic N) is 3. The first-order valence-corrected chi connectivity index (χ1v) is 9.64. The van der Waals surface area contributed by atoms with Crippen LogP contribution in [0.1, 0.15) is 0 Å². The number of hydrogen-bond acceptors (Lipinski definition) is 8. The number of carbonyl (C=O) groups is 1. The molecule has 1 aliphatic rings.